The summed E-state index contributed by atoms with van der Waals surface area (Å²) in [7, 11) is 2.14. The zero-order valence-electron chi connectivity index (χ0n) is 12.0. The molecule has 0 spiro atoms. The average molecular weight is 253 g/mol. The molecule has 0 saturated carbocycles. The van der Waals surface area contributed by atoms with Crippen LogP contribution >= 0.6 is 0 Å². The molecule has 0 aromatic heterocycles. The fourth-order valence-electron chi connectivity index (χ4n) is 3.22. The molecule has 2 rings (SSSR count). The topological polar surface area (TPSA) is 35.6 Å². The van der Waals surface area contributed by atoms with E-state index in [1.165, 1.54) is 0 Å². The number of carbonyl (C=O) groups is 1. The fraction of sp³-hybridized carbons (Fsp3) is 0.929. The van der Waals surface area contributed by atoms with Crippen molar-refractivity contribution in [1.29, 1.82) is 0 Å². The second kappa shape index (κ2) is 6.02. The van der Waals surface area contributed by atoms with Crippen LogP contribution < -0.4 is 5.32 Å². The smallest absolute Gasteiger partial charge is 0.241 e. The van der Waals surface area contributed by atoms with Crippen molar-refractivity contribution < 1.29 is 4.79 Å². The van der Waals surface area contributed by atoms with Crippen LogP contribution in [0.1, 0.15) is 46.0 Å². The highest BCUT2D eigenvalue weighted by Crippen LogP contribution is 2.24. The molecule has 3 unspecified atom stereocenters. The minimum Gasteiger partial charge on any atom is -0.321 e. The highest BCUT2D eigenvalue weighted by Gasteiger charge is 2.42. The van der Waals surface area contributed by atoms with Crippen molar-refractivity contribution in [3.8, 4) is 0 Å². The average Bonchev–Trinajstić information content (AvgIpc) is 2.90. The first-order valence-electron chi connectivity index (χ1n) is 7.44. The molecule has 2 heterocycles. The van der Waals surface area contributed by atoms with Crippen LogP contribution in [-0.4, -0.2) is 54.1 Å². The lowest BCUT2D eigenvalue weighted by molar-refractivity contribution is -0.132. The van der Waals surface area contributed by atoms with E-state index in [4.69, 9.17) is 0 Å². The van der Waals surface area contributed by atoms with Gasteiger partial charge in [-0.2, -0.15) is 0 Å². The van der Waals surface area contributed by atoms with E-state index in [9.17, 15) is 4.79 Å². The highest BCUT2D eigenvalue weighted by molar-refractivity contribution is 5.84. The van der Waals surface area contributed by atoms with E-state index in [0.29, 0.717) is 11.9 Å². The van der Waals surface area contributed by atoms with E-state index in [2.05, 4.69) is 36.0 Å². The summed E-state index contributed by atoms with van der Waals surface area (Å²) in [4.78, 5) is 17.0. The maximum Gasteiger partial charge on any atom is 0.241 e. The molecule has 4 nitrogen and oxygen atoms in total. The number of hydrogen-bond acceptors (Lipinski definition) is 3. The van der Waals surface area contributed by atoms with Crippen LogP contribution in [0.4, 0.5) is 0 Å². The van der Waals surface area contributed by atoms with Crippen molar-refractivity contribution in [3.05, 3.63) is 0 Å². The number of likely N-dealkylation sites (tertiary alicyclic amines) is 1. The van der Waals surface area contributed by atoms with Crippen LogP contribution in [-0.2, 0) is 4.79 Å². The van der Waals surface area contributed by atoms with Gasteiger partial charge in [0.25, 0.3) is 0 Å². The Kier molecular flexibility index (Phi) is 4.62. The summed E-state index contributed by atoms with van der Waals surface area (Å²) < 4.78 is 0. The molecule has 2 fully saturated rings. The third-order valence-electron chi connectivity index (χ3n) is 4.27. The molecule has 1 N–H and O–H groups in total. The Morgan fingerprint density at radius 3 is 2.72 bits per heavy atom. The highest BCUT2D eigenvalue weighted by atomic mass is 16.2. The summed E-state index contributed by atoms with van der Waals surface area (Å²) in [5.41, 5.74) is 0. The van der Waals surface area contributed by atoms with Crippen LogP contribution in [0, 0.1) is 0 Å². The molecule has 4 heteroatoms. The van der Waals surface area contributed by atoms with Crippen molar-refractivity contribution in [2.24, 2.45) is 0 Å². The number of unbranched alkanes of at least 4 members (excludes halogenated alkanes) is 1. The molecule has 18 heavy (non-hydrogen) atoms. The van der Waals surface area contributed by atoms with E-state index in [1.54, 1.807) is 0 Å². The minimum atomic E-state index is 0.0702. The fourth-order valence-corrected chi connectivity index (χ4v) is 3.22. The van der Waals surface area contributed by atoms with E-state index in [1.807, 2.05) is 0 Å². The van der Waals surface area contributed by atoms with Gasteiger partial charge in [0, 0.05) is 12.6 Å². The number of nitrogens with one attached hydrogen (secondary N) is 1. The summed E-state index contributed by atoms with van der Waals surface area (Å²) in [5, 5.41) is 3.52. The van der Waals surface area contributed by atoms with Gasteiger partial charge in [-0.25, -0.2) is 0 Å². The van der Waals surface area contributed by atoms with Gasteiger partial charge in [-0.15, -0.1) is 0 Å². The number of amides is 1. The molecule has 0 bridgehead atoms. The minimum absolute atomic E-state index is 0.0702. The number of carbonyl (C=O) groups excluding carboxylic acids is 1. The van der Waals surface area contributed by atoms with E-state index in [-0.39, 0.29) is 12.2 Å². The van der Waals surface area contributed by atoms with E-state index < -0.39 is 0 Å². The Bertz CT molecular complexity index is 295. The summed E-state index contributed by atoms with van der Waals surface area (Å²) in [6, 6.07) is 0.493. The third kappa shape index (κ3) is 2.69. The maximum absolute atomic E-state index is 12.5. The van der Waals surface area contributed by atoms with Gasteiger partial charge >= 0.3 is 0 Å². The summed E-state index contributed by atoms with van der Waals surface area (Å²) in [5.74, 6) is 0.343. The standard InChI is InChI=1S/C14H27N3O/c1-4-6-7-12-14(18)17(13(5-2)15-12)11-8-9-16(3)10-11/h11-13,15H,4-10H2,1-3H3. The predicted octanol–water partition coefficient (Wildman–Crippen LogP) is 1.42. The first kappa shape index (κ1) is 13.8. The largest absolute Gasteiger partial charge is 0.321 e. The molecule has 2 saturated heterocycles. The SMILES string of the molecule is CCCCC1NC(CC)N(C2CCN(C)C2)C1=O. The molecule has 0 radical (unpaired) electrons. The van der Waals surface area contributed by atoms with Gasteiger partial charge in [0.1, 0.15) is 0 Å². The van der Waals surface area contributed by atoms with Gasteiger partial charge in [0.2, 0.25) is 5.91 Å². The van der Waals surface area contributed by atoms with Gasteiger partial charge in [0.05, 0.1) is 12.2 Å². The van der Waals surface area contributed by atoms with Crippen LogP contribution in [0.15, 0.2) is 0 Å². The van der Waals surface area contributed by atoms with Crippen LogP contribution in [0.3, 0.4) is 0 Å². The van der Waals surface area contributed by atoms with E-state index in [0.717, 1.165) is 45.2 Å². The molecule has 0 aromatic carbocycles. The Hall–Kier alpha value is -0.610. The molecular formula is C14H27N3O. The van der Waals surface area contributed by atoms with Crippen molar-refractivity contribution in [2.75, 3.05) is 20.1 Å². The lowest BCUT2D eigenvalue weighted by Gasteiger charge is -2.29. The van der Waals surface area contributed by atoms with Crippen LogP contribution in [0.5, 0.6) is 0 Å². The normalized spacial score (nSPS) is 33.6. The predicted molar refractivity (Wildman–Crippen MR) is 73.3 cm³/mol. The second-order valence-electron chi connectivity index (χ2n) is 5.74. The van der Waals surface area contributed by atoms with Gasteiger partial charge in [-0.3, -0.25) is 10.1 Å². The number of rotatable bonds is 5. The zero-order valence-corrected chi connectivity index (χ0v) is 12.0. The lowest BCUT2D eigenvalue weighted by atomic mass is 10.1. The van der Waals surface area contributed by atoms with Crippen molar-refractivity contribution in [3.63, 3.8) is 0 Å². The Balaban J connectivity index is 2.01. The number of likely N-dealkylation sites (N-methyl/N-ethyl adjacent to an activating group) is 1. The molecular weight excluding hydrogens is 226 g/mol. The van der Waals surface area contributed by atoms with E-state index >= 15 is 0 Å². The molecule has 1 amide bonds. The first-order chi connectivity index (χ1) is 8.67. The molecule has 0 aliphatic carbocycles. The van der Waals surface area contributed by atoms with Gasteiger partial charge in [-0.1, -0.05) is 26.7 Å². The Morgan fingerprint density at radius 2 is 2.17 bits per heavy atom. The van der Waals surface area contributed by atoms with Crippen molar-refractivity contribution in [2.45, 2.75) is 64.2 Å². The molecule has 2 aliphatic rings. The van der Waals surface area contributed by atoms with Gasteiger partial charge in [-0.05, 0) is 32.9 Å². The van der Waals surface area contributed by atoms with Crippen LogP contribution in [0.2, 0.25) is 0 Å². The van der Waals surface area contributed by atoms with Crippen LogP contribution in [0.25, 0.3) is 0 Å². The molecule has 3 atom stereocenters. The summed E-state index contributed by atoms with van der Waals surface area (Å²) in [6.45, 7) is 6.49. The monoisotopic (exact) mass is 253 g/mol. The molecule has 0 aromatic rings. The number of nitrogens with zero attached hydrogens (tertiary/aromatic N) is 2. The number of hydrogen-bond donors (Lipinski definition) is 1. The zero-order chi connectivity index (χ0) is 13.1. The Morgan fingerprint density at radius 1 is 1.39 bits per heavy atom. The first-order valence-corrected chi connectivity index (χ1v) is 7.44. The second-order valence-corrected chi connectivity index (χ2v) is 5.74. The summed E-state index contributed by atoms with van der Waals surface area (Å²) in [6.07, 6.45) is 5.68. The maximum atomic E-state index is 12.5. The van der Waals surface area contributed by atoms with Crippen molar-refractivity contribution in [1.82, 2.24) is 15.1 Å². The lowest BCUT2D eigenvalue weighted by Crippen LogP contribution is -2.45. The summed E-state index contributed by atoms with van der Waals surface area (Å²) >= 11 is 0. The van der Waals surface area contributed by atoms with Crippen molar-refractivity contribution >= 4 is 5.91 Å². The Labute approximate surface area is 111 Å². The van der Waals surface area contributed by atoms with Gasteiger partial charge in [0.15, 0.2) is 0 Å². The molecule has 2 aliphatic heterocycles. The third-order valence-corrected chi connectivity index (χ3v) is 4.27. The van der Waals surface area contributed by atoms with Gasteiger partial charge < -0.3 is 9.80 Å². The quantitative estimate of drug-likeness (QED) is 0.805. The molecule has 104 valence electrons.